The Morgan fingerprint density at radius 1 is 1.23 bits per heavy atom. The molecule has 1 saturated heterocycles. The van der Waals surface area contributed by atoms with E-state index < -0.39 is 0 Å². The van der Waals surface area contributed by atoms with Crippen LogP contribution in [-0.2, 0) is 4.79 Å². The summed E-state index contributed by atoms with van der Waals surface area (Å²) in [6, 6.07) is 7.44. The van der Waals surface area contributed by atoms with Gasteiger partial charge in [-0.3, -0.25) is 14.6 Å². The summed E-state index contributed by atoms with van der Waals surface area (Å²) in [6.07, 6.45) is 9.16. The number of piperidine rings is 1. The molecule has 1 aromatic rings. The van der Waals surface area contributed by atoms with Crippen LogP contribution in [0.25, 0.3) is 0 Å². The van der Waals surface area contributed by atoms with E-state index in [0.717, 1.165) is 31.2 Å². The van der Waals surface area contributed by atoms with E-state index in [1.165, 1.54) is 31.9 Å². The summed E-state index contributed by atoms with van der Waals surface area (Å²) in [7, 11) is 1.65. The number of hydrogen-bond donors (Lipinski definition) is 1. The van der Waals surface area contributed by atoms with Gasteiger partial charge in [-0.25, -0.2) is 0 Å². The van der Waals surface area contributed by atoms with Crippen LogP contribution in [0.2, 0.25) is 0 Å². The maximum Gasteiger partial charge on any atom is 0.257 e. The third kappa shape index (κ3) is 3.57. The van der Waals surface area contributed by atoms with Gasteiger partial charge in [0.1, 0.15) is 6.29 Å². The lowest BCUT2D eigenvalue weighted by Gasteiger charge is -2.44. The molecule has 1 amide bonds. The molecule has 2 N–H and O–H groups in total. The SMILES string of the molecule is CN=C(C(=CN)C(=O)N1CCCC2CCCCC21)c1cccc(C=O)c1. The molecule has 3 rings (SSSR count). The summed E-state index contributed by atoms with van der Waals surface area (Å²) < 4.78 is 0. The van der Waals surface area contributed by atoms with E-state index in [2.05, 4.69) is 4.99 Å². The maximum absolute atomic E-state index is 13.3. The first kappa shape index (κ1) is 18.4. The first-order valence-corrected chi connectivity index (χ1v) is 9.45. The van der Waals surface area contributed by atoms with Crippen LogP contribution in [-0.4, -0.2) is 42.4 Å². The molecule has 1 aromatic carbocycles. The highest BCUT2D eigenvalue weighted by atomic mass is 16.2. The third-order valence-corrected chi connectivity index (χ3v) is 5.68. The summed E-state index contributed by atoms with van der Waals surface area (Å²) >= 11 is 0. The zero-order chi connectivity index (χ0) is 18.5. The fraction of sp³-hybridized carbons (Fsp3) is 0.476. The zero-order valence-electron chi connectivity index (χ0n) is 15.4. The van der Waals surface area contributed by atoms with Gasteiger partial charge in [0, 0.05) is 37.0 Å². The molecule has 138 valence electrons. The van der Waals surface area contributed by atoms with E-state index in [4.69, 9.17) is 5.73 Å². The summed E-state index contributed by atoms with van der Waals surface area (Å²) in [5.74, 6) is 0.571. The van der Waals surface area contributed by atoms with Crippen LogP contribution in [0.1, 0.15) is 54.4 Å². The number of hydrogen-bond acceptors (Lipinski definition) is 4. The van der Waals surface area contributed by atoms with Crippen LogP contribution < -0.4 is 5.73 Å². The van der Waals surface area contributed by atoms with Gasteiger partial charge in [0.15, 0.2) is 0 Å². The molecule has 2 unspecified atom stereocenters. The smallest absolute Gasteiger partial charge is 0.257 e. The summed E-state index contributed by atoms with van der Waals surface area (Å²) in [4.78, 5) is 30.8. The fourth-order valence-electron chi connectivity index (χ4n) is 4.45. The molecular weight excluding hydrogens is 326 g/mol. The minimum absolute atomic E-state index is 0.0405. The maximum atomic E-state index is 13.3. The molecule has 1 aliphatic heterocycles. The number of carbonyl (C=O) groups is 2. The molecular formula is C21H27N3O2. The van der Waals surface area contributed by atoms with Gasteiger partial charge in [-0.2, -0.15) is 0 Å². The normalized spacial score (nSPS) is 24.1. The van der Waals surface area contributed by atoms with Crippen molar-refractivity contribution in [1.29, 1.82) is 0 Å². The van der Waals surface area contributed by atoms with Gasteiger partial charge in [-0.1, -0.05) is 31.0 Å². The number of nitrogens with two attached hydrogens (primary N) is 1. The Morgan fingerprint density at radius 2 is 2.00 bits per heavy atom. The van der Waals surface area contributed by atoms with Crippen LogP contribution in [0.5, 0.6) is 0 Å². The highest BCUT2D eigenvalue weighted by molar-refractivity contribution is 6.28. The molecule has 2 aliphatic rings. The van der Waals surface area contributed by atoms with Gasteiger partial charge < -0.3 is 10.6 Å². The van der Waals surface area contributed by atoms with Crippen molar-refractivity contribution in [2.45, 2.75) is 44.6 Å². The minimum Gasteiger partial charge on any atom is -0.404 e. The lowest BCUT2D eigenvalue weighted by Crippen LogP contribution is -2.50. The van der Waals surface area contributed by atoms with Crippen molar-refractivity contribution in [2.24, 2.45) is 16.6 Å². The highest BCUT2D eigenvalue weighted by Gasteiger charge is 2.37. The van der Waals surface area contributed by atoms with Crippen LogP contribution in [0.15, 0.2) is 41.0 Å². The zero-order valence-corrected chi connectivity index (χ0v) is 15.4. The number of amides is 1. The number of likely N-dealkylation sites (tertiary alicyclic amines) is 1. The molecule has 2 atom stereocenters. The molecule has 0 bridgehead atoms. The number of aliphatic imine (C=N–C) groups is 1. The van der Waals surface area contributed by atoms with Crippen LogP contribution in [0, 0.1) is 5.92 Å². The summed E-state index contributed by atoms with van der Waals surface area (Å²) in [5.41, 5.74) is 8.12. The Balaban J connectivity index is 1.89. The van der Waals surface area contributed by atoms with Gasteiger partial charge in [0.05, 0.1) is 11.3 Å². The van der Waals surface area contributed by atoms with Crippen molar-refractivity contribution in [3.63, 3.8) is 0 Å². The summed E-state index contributed by atoms with van der Waals surface area (Å²) in [5, 5.41) is 0. The van der Waals surface area contributed by atoms with Crippen molar-refractivity contribution in [1.82, 2.24) is 4.90 Å². The average Bonchev–Trinajstić information content (AvgIpc) is 2.71. The second kappa shape index (κ2) is 8.30. The van der Waals surface area contributed by atoms with Crippen molar-refractivity contribution in [2.75, 3.05) is 13.6 Å². The second-order valence-corrected chi connectivity index (χ2v) is 7.15. The molecule has 0 aromatic heterocycles. The van der Waals surface area contributed by atoms with E-state index in [0.29, 0.717) is 28.8 Å². The molecule has 26 heavy (non-hydrogen) atoms. The summed E-state index contributed by atoms with van der Waals surface area (Å²) in [6.45, 7) is 0.780. The van der Waals surface area contributed by atoms with Gasteiger partial charge in [0.25, 0.3) is 5.91 Å². The molecule has 1 saturated carbocycles. The lowest BCUT2D eigenvalue weighted by molar-refractivity contribution is -0.132. The highest BCUT2D eigenvalue weighted by Crippen LogP contribution is 2.36. The van der Waals surface area contributed by atoms with Gasteiger partial charge in [0.2, 0.25) is 0 Å². The fourth-order valence-corrected chi connectivity index (χ4v) is 4.45. The van der Waals surface area contributed by atoms with Crippen LogP contribution >= 0.6 is 0 Å². The van der Waals surface area contributed by atoms with Gasteiger partial charge >= 0.3 is 0 Å². The molecule has 0 spiro atoms. The number of rotatable bonds is 4. The number of nitrogens with zero attached hydrogens (tertiary/aromatic N) is 2. The number of benzene rings is 1. The first-order valence-electron chi connectivity index (χ1n) is 9.45. The Morgan fingerprint density at radius 3 is 2.73 bits per heavy atom. The predicted molar refractivity (Wildman–Crippen MR) is 103 cm³/mol. The predicted octanol–water partition coefficient (Wildman–Crippen LogP) is 2.94. The quantitative estimate of drug-likeness (QED) is 0.514. The third-order valence-electron chi connectivity index (χ3n) is 5.68. The number of fused-ring (bicyclic) bond motifs is 1. The Hall–Kier alpha value is -2.43. The Bertz CT molecular complexity index is 737. The van der Waals surface area contributed by atoms with Crippen molar-refractivity contribution >= 4 is 17.9 Å². The Kier molecular flexibility index (Phi) is 5.86. The Labute approximate surface area is 155 Å². The van der Waals surface area contributed by atoms with Crippen LogP contribution in [0.3, 0.4) is 0 Å². The van der Waals surface area contributed by atoms with Gasteiger partial charge in [-0.05, 0) is 37.7 Å². The molecule has 1 heterocycles. The van der Waals surface area contributed by atoms with Crippen molar-refractivity contribution in [3.8, 4) is 0 Å². The second-order valence-electron chi connectivity index (χ2n) is 7.15. The lowest BCUT2D eigenvalue weighted by atomic mass is 9.78. The van der Waals surface area contributed by atoms with E-state index in [9.17, 15) is 9.59 Å². The molecule has 5 nitrogen and oxygen atoms in total. The molecule has 1 aliphatic carbocycles. The largest absolute Gasteiger partial charge is 0.404 e. The van der Waals surface area contributed by atoms with E-state index >= 15 is 0 Å². The standard InChI is InChI=1S/C21H27N3O2/c1-23-20(17-8-4-6-15(12-17)14-25)18(13-22)21(26)24-11-5-9-16-7-2-3-10-19(16)24/h4,6,8,12-14,16,19H,2-3,5,7,9-11,22H2,1H3. The van der Waals surface area contributed by atoms with Crippen LogP contribution in [0.4, 0.5) is 0 Å². The van der Waals surface area contributed by atoms with E-state index in [1.807, 2.05) is 11.0 Å². The van der Waals surface area contributed by atoms with E-state index in [-0.39, 0.29) is 5.91 Å². The van der Waals surface area contributed by atoms with Gasteiger partial charge in [-0.15, -0.1) is 0 Å². The molecule has 0 radical (unpaired) electrons. The van der Waals surface area contributed by atoms with Crippen molar-refractivity contribution in [3.05, 3.63) is 47.2 Å². The topological polar surface area (TPSA) is 75.8 Å². The number of aldehydes is 1. The minimum atomic E-state index is -0.0405. The molecule has 5 heteroatoms. The molecule has 2 fully saturated rings. The first-order chi connectivity index (χ1) is 12.7. The van der Waals surface area contributed by atoms with Crippen molar-refractivity contribution < 1.29 is 9.59 Å². The van der Waals surface area contributed by atoms with E-state index in [1.54, 1.807) is 25.2 Å². The number of carbonyl (C=O) groups excluding carboxylic acids is 2. The average molecular weight is 353 g/mol. The monoisotopic (exact) mass is 353 g/mol.